The predicted octanol–water partition coefficient (Wildman–Crippen LogP) is 3.02. The third-order valence-corrected chi connectivity index (χ3v) is 8.52. The highest BCUT2D eigenvalue weighted by Crippen LogP contribution is 2.53. The van der Waals surface area contributed by atoms with Crippen molar-refractivity contribution >= 4 is 40.8 Å². The van der Waals surface area contributed by atoms with Crippen molar-refractivity contribution in [2.75, 3.05) is 38.1 Å². The number of carbonyl (C=O) groups excluding carboxylic acids is 2. The SMILES string of the molecule is C[C@H]1C(=O)N2C(CN1C(=O)Nc1ccc(Cl)c(Cl)c1)OC[C@@H]2CCN1CCC2(CC2)[C@H](O)C1. The molecule has 10 heteroatoms. The summed E-state index contributed by atoms with van der Waals surface area (Å²) < 4.78 is 5.93. The Balaban J connectivity index is 1.17. The standard InChI is InChI=1S/C23H30Cl2N4O4/c1-14-21(31)29-16(4-8-27-9-7-23(5-6-23)19(30)11-27)13-33-20(29)12-28(14)22(32)26-15-2-3-17(24)18(25)10-15/h2-3,10,14,16,19-20,30H,4-9,11-13H2,1H3,(H,26,32)/t14-,16-,19+,20?/m0/s1. The molecule has 4 aliphatic rings. The lowest BCUT2D eigenvalue weighted by Gasteiger charge is -2.42. The van der Waals surface area contributed by atoms with Gasteiger partial charge in [-0.25, -0.2) is 4.79 Å². The molecule has 0 aromatic heterocycles. The lowest BCUT2D eigenvalue weighted by atomic mass is 9.90. The molecule has 1 aromatic rings. The van der Waals surface area contributed by atoms with Gasteiger partial charge in [-0.3, -0.25) is 4.79 Å². The molecule has 3 heterocycles. The largest absolute Gasteiger partial charge is 0.391 e. The number of fused-ring (bicyclic) bond motifs is 1. The van der Waals surface area contributed by atoms with Gasteiger partial charge in [-0.2, -0.15) is 0 Å². The second-order valence-electron chi connectivity index (χ2n) is 9.79. The van der Waals surface area contributed by atoms with E-state index in [0.29, 0.717) is 35.4 Å². The average molecular weight is 497 g/mol. The zero-order valence-electron chi connectivity index (χ0n) is 18.7. The Labute approximate surface area is 203 Å². The van der Waals surface area contributed by atoms with E-state index in [9.17, 15) is 14.7 Å². The topological polar surface area (TPSA) is 85.4 Å². The van der Waals surface area contributed by atoms with Gasteiger partial charge in [0.25, 0.3) is 0 Å². The van der Waals surface area contributed by atoms with Crippen LogP contribution in [-0.4, -0.2) is 88.9 Å². The summed E-state index contributed by atoms with van der Waals surface area (Å²) in [5, 5.41) is 14.0. The first-order valence-corrected chi connectivity index (χ1v) is 12.4. The van der Waals surface area contributed by atoms with Gasteiger partial charge in [0.1, 0.15) is 6.04 Å². The van der Waals surface area contributed by atoms with Gasteiger partial charge in [-0.15, -0.1) is 0 Å². The molecule has 1 spiro atoms. The van der Waals surface area contributed by atoms with E-state index in [1.165, 1.54) is 4.90 Å². The monoisotopic (exact) mass is 496 g/mol. The quantitative estimate of drug-likeness (QED) is 0.668. The number of aliphatic hydroxyl groups is 1. The molecule has 0 radical (unpaired) electrons. The number of piperazine rings is 1. The molecule has 1 aliphatic carbocycles. The molecule has 5 rings (SSSR count). The minimum atomic E-state index is -0.597. The van der Waals surface area contributed by atoms with Crippen LogP contribution in [0.2, 0.25) is 10.0 Å². The van der Waals surface area contributed by atoms with E-state index in [1.807, 2.05) is 4.90 Å². The van der Waals surface area contributed by atoms with Gasteiger partial charge in [0.2, 0.25) is 5.91 Å². The summed E-state index contributed by atoms with van der Waals surface area (Å²) in [7, 11) is 0. The molecule has 8 nitrogen and oxygen atoms in total. The Morgan fingerprint density at radius 1 is 1.24 bits per heavy atom. The molecular weight excluding hydrogens is 467 g/mol. The first-order valence-electron chi connectivity index (χ1n) is 11.6. The second kappa shape index (κ2) is 8.89. The summed E-state index contributed by atoms with van der Waals surface area (Å²) in [6.45, 7) is 5.06. The van der Waals surface area contributed by atoms with Crippen molar-refractivity contribution in [1.29, 1.82) is 0 Å². The van der Waals surface area contributed by atoms with E-state index in [0.717, 1.165) is 38.8 Å². The van der Waals surface area contributed by atoms with Gasteiger partial charge in [-0.05, 0) is 62.8 Å². The number of carbonyl (C=O) groups is 2. The number of β-amino-alcohol motifs (C(OH)–C–C–N with tert-alkyl or cyclic N) is 1. The summed E-state index contributed by atoms with van der Waals surface area (Å²) in [4.78, 5) is 31.7. The number of nitrogens with one attached hydrogen (secondary N) is 1. The first kappa shape index (κ1) is 23.2. The lowest BCUT2D eigenvalue weighted by Crippen LogP contribution is -2.63. The van der Waals surface area contributed by atoms with Gasteiger partial charge >= 0.3 is 6.03 Å². The van der Waals surface area contributed by atoms with Crippen LogP contribution < -0.4 is 5.32 Å². The van der Waals surface area contributed by atoms with Gasteiger partial charge in [0.05, 0.1) is 35.3 Å². The fourth-order valence-corrected chi connectivity index (χ4v) is 5.66. The minimum absolute atomic E-state index is 0.0146. The van der Waals surface area contributed by atoms with Gasteiger partial charge in [0, 0.05) is 18.8 Å². The zero-order valence-corrected chi connectivity index (χ0v) is 20.2. The van der Waals surface area contributed by atoms with Crippen LogP contribution in [-0.2, 0) is 9.53 Å². The number of halogens is 2. The summed E-state index contributed by atoms with van der Waals surface area (Å²) in [6, 6.07) is 3.87. The number of hydrogen-bond acceptors (Lipinski definition) is 5. The van der Waals surface area contributed by atoms with Crippen LogP contribution in [0.5, 0.6) is 0 Å². The Morgan fingerprint density at radius 2 is 2.03 bits per heavy atom. The zero-order chi connectivity index (χ0) is 23.3. The van der Waals surface area contributed by atoms with Crippen molar-refractivity contribution in [3.8, 4) is 0 Å². The fourth-order valence-electron chi connectivity index (χ4n) is 5.36. The average Bonchev–Trinajstić information content (AvgIpc) is 3.46. The third kappa shape index (κ3) is 4.44. The van der Waals surface area contributed by atoms with Crippen molar-refractivity contribution < 1.29 is 19.4 Å². The van der Waals surface area contributed by atoms with Crippen LogP contribution in [0, 0.1) is 5.41 Å². The maximum absolute atomic E-state index is 13.2. The molecule has 3 aliphatic heterocycles. The van der Waals surface area contributed by atoms with E-state index in [-0.39, 0.29) is 29.5 Å². The summed E-state index contributed by atoms with van der Waals surface area (Å²) >= 11 is 12.0. The molecule has 3 saturated heterocycles. The second-order valence-corrected chi connectivity index (χ2v) is 10.6. The number of benzene rings is 1. The van der Waals surface area contributed by atoms with Crippen LogP contribution in [0.4, 0.5) is 10.5 Å². The normalized spacial score (nSPS) is 31.1. The Hall–Kier alpha value is -1.58. The number of rotatable bonds is 4. The minimum Gasteiger partial charge on any atom is -0.391 e. The number of hydrogen-bond donors (Lipinski definition) is 2. The maximum Gasteiger partial charge on any atom is 0.322 e. The highest BCUT2D eigenvalue weighted by Gasteiger charge is 2.51. The van der Waals surface area contributed by atoms with Crippen molar-refractivity contribution in [1.82, 2.24) is 14.7 Å². The first-order chi connectivity index (χ1) is 15.8. The summed E-state index contributed by atoms with van der Waals surface area (Å²) in [5.74, 6) is -0.103. The van der Waals surface area contributed by atoms with Crippen molar-refractivity contribution in [3.63, 3.8) is 0 Å². The predicted molar refractivity (Wildman–Crippen MR) is 125 cm³/mol. The Bertz CT molecular complexity index is 943. The highest BCUT2D eigenvalue weighted by molar-refractivity contribution is 6.42. The van der Waals surface area contributed by atoms with Crippen LogP contribution in [0.3, 0.4) is 0 Å². The molecule has 1 unspecified atom stereocenters. The molecule has 2 N–H and O–H groups in total. The third-order valence-electron chi connectivity index (χ3n) is 7.78. The number of nitrogens with zero attached hydrogens (tertiary/aromatic N) is 3. The highest BCUT2D eigenvalue weighted by atomic mass is 35.5. The van der Waals surface area contributed by atoms with Crippen molar-refractivity contribution in [2.45, 2.75) is 57.0 Å². The Kier molecular flexibility index (Phi) is 6.24. The number of piperidine rings is 1. The van der Waals surface area contributed by atoms with Gasteiger partial charge in [0.15, 0.2) is 6.23 Å². The van der Waals surface area contributed by atoms with E-state index in [2.05, 4.69) is 10.2 Å². The van der Waals surface area contributed by atoms with Crippen LogP contribution >= 0.6 is 23.2 Å². The molecule has 3 amide bonds. The molecular formula is C23H30Cl2N4O4. The van der Waals surface area contributed by atoms with E-state index >= 15 is 0 Å². The van der Waals surface area contributed by atoms with Gasteiger partial charge in [-0.1, -0.05) is 23.2 Å². The number of urea groups is 1. The van der Waals surface area contributed by atoms with Gasteiger partial charge < -0.3 is 29.9 Å². The molecule has 180 valence electrons. The number of likely N-dealkylation sites (tertiary alicyclic amines) is 1. The van der Waals surface area contributed by atoms with Crippen LogP contribution in [0.1, 0.15) is 32.6 Å². The van der Waals surface area contributed by atoms with Crippen LogP contribution in [0.15, 0.2) is 18.2 Å². The fraction of sp³-hybridized carbons (Fsp3) is 0.652. The van der Waals surface area contributed by atoms with E-state index < -0.39 is 12.3 Å². The Morgan fingerprint density at radius 3 is 2.73 bits per heavy atom. The van der Waals surface area contributed by atoms with Crippen LogP contribution in [0.25, 0.3) is 0 Å². The van der Waals surface area contributed by atoms with E-state index in [4.69, 9.17) is 27.9 Å². The molecule has 4 atom stereocenters. The summed E-state index contributed by atoms with van der Waals surface area (Å²) in [5.41, 5.74) is 0.705. The smallest absolute Gasteiger partial charge is 0.322 e. The molecule has 1 aromatic carbocycles. The number of amides is 3. The molecule has 33 heavy (non-hydrogen) atoms. The number of aliphatic hydroxyl groups excluding tert-OH is 1. The van der Waals surface area contributed by atoms with E-state index in [1.54, 1.807) is 25.1 Å². The molecule has 4 fully saturated rings. The summed E-state index contributed by atoms with van der Waals surface area (Å²) in [6.07, 6.45) is 3.47. The lowest BCUT2D eigenvalue weighted by molar-refractivity contribution is -0.150. The molecule has 1 saturated carbocycles. The molecule has 0 bridgehead atoms. The number of anilines is 1. The van der Waals surface area contributed by atoms with Crippen molar-refractivity contribution in [3.05, 3.63) is 28.2 Å². The maximum atomic E-state index is 13.2. The number of ether oxygens (including phenoxy) is 1. The van der Waals surface area contributed by atoms with Crippen molar-refractivity contribution in [2.24, 2.45) is 5.41 Å².